The van der Waals surface area contributed by atoms with Crippen molar-refractivity contribution < 1.29 is 4.74 Å². The summed E-state index contributed by atoms with van der Waals surface area (Å²) in [4.78, 5) is 0. The van der Waals surface area contributed by atoms with E-state index in [-0.39, 0.29) is 0 Å². The summed E-state index contributed by atoms with van der Waals surface area (Å²) in [6.07, 6.45) is 6.27. The van der Waals surface area contributed by atoms with Crippen LogP contribution in [0.1, 0.15) is 18.9 Å². The van der Waals surface area contributed by atoms with Crippen LogP contribution in [0.15, 0.2) is 18.5 Å². The zero-order chi connectivity index (χ0) is 10.2. The monoisotopic (exact) mass is 196 g/mol. The van der Waals surface area contributed by atoms with Crippen molar-refractivity contribution in [1.29, 1.82) is 0 Å². The van der Waals surface area contributed by atoms with E-state index in [0.717, 1.165) is 39.1 Å². The maximum Gasteiger partial charge on any atom is 0.0645 e. The first-order chi connectivity index (χ1) is 6.86. The summed E-state index contributed by atoms with van der Waals surface area (Å²) >= 11 is 0. The molecule has 3 nitrogen and oxygen atoms in total. The van der Waals surface area contributed by atoms with Crippen LogP contribution in [0.2, 0.25) is 0 Å². The third kappa shape index (κ3) is 3.94. The van der Waals surface area contributed by atoms with Gasteiger partial charge in [0.05, 0.1) is 6.61 Å². The lowest BCUT2D eigenvalue weighted by Gasteiger charge is -2.03. The van der Waals surface area contributed by atoms with Gasteiger partial charge in [0.25, 0.3) is 0 Å². The topological polar surface area (TPSA) is 40.2 Å². The lowest BCUT2D eigenvalue weighted by Crippen LogP contribution is -2.05. The quantitative estimate of drug-likeness (QED) is 0.670. The molecule has 0 bridgehead atoms. The third-order valence-electron chi connectivity index (χ3n) is 2.09. The van der Waals surface area contributed by atoms with E-state index in [0.29, 0.717) is 0 Å². The number of ether oxygens (including phenoxy) is 1. The van der Waals surface area contributed by atoms with E-state index in [1.807, 2.05) is 0 Å². The van der Waals surface area contributed by atoms with Gasteiger partial charge in [-0.05, 0) is 31.0 Å². The lowest BCUT2D eigenvalue weighted by molar-refractivity contribution is 0.127. The molecule has 1 aromatic rings. The third-order valence-corrected chi connectivity index (χ3v) is 2.09. The molecule has 2 N–H and O–H groups in total. The lowest BCUT2D eigenvalue weighted by atomic mass is 10.2. The second-order valence-corrected chi connectivity index (χ2v) is 3.41. The van der Waals surface area contributed by atoms with Gasteiger partial charge in [-0.2, -0.15) is 0 Å². The molecular weight excluding hydrogens is 176 g/mol. The van der Waals surface area contributed by atoms with Crippen LogP contribution in [-0.4, -0.2) is 24.3 Å². The van der Waals surface area contributed by atoms with E-state index in [1.54, 1.807) is 0 Å². The zero-order valence-electron chi connectivity index (χ0n) is 8.91. The highest BCUT2D eigenvalue weighted by molar-refractivity contribution is 5.10. The van der Waals surface area contributed by atoms with Gasteiger partial charge in [-0.3, -0.25) is 0 Å². The Balaban J connectivity index is 2.22. The molecule has 0 aliphatic heterocycles. The average molecular weight is 196 g/mol. The smallest absolute Gasteiger partial charge is 0.0645 e. The van der Waals surface area contributed by atoms with Crippen LogP contribution < -0.4 is 5.73 Å². The van der Waals surface area contributed by atoms with Gasteiger partial charge in [0, 0.05) is 25.5 Å². The largest absolute Gasteiger partial charge is 0.380 e. The van der Waals surface area contributed by atoms with Gasteiger partial charge < -0.3 is 15.0 Å². The fourth-order valence-electron chi connectivity index (χ4n) is 1.36. The molecule has 0 atom stereocenters. The number of nitrogens with zero attached hydrogens (tertiary/aromatic N) is 1. The van der Waals surface area contributed by atoms with Gasteiger partial charge >= 0.3 is 0 Å². The van der Waals surface area contributed by atoms with Gasteiger partial charge in [0.1, 0.15) is 0 Å². The van der Waals surface area contributed by atoms with Gasteiger partial charge in [0.15, 0.2) is 0 Å². The summed E-state index contributed by atoms with van der Waals surface area (Å²) in [5, 5.41) is 0. The molecule has 0 aromatic carbocycles. The Hall–Kier alpha value is -0.800. The van der Waals surface area contributed by atoms with E-state index >= 15 is 0 Å². The van der Waals surface area contributed by atoms with E-state index < -0.39 is 0 Å². The summed E-state index contributed by atoms with van der Waals surface area (Å²) in [7, 11) is 0. The predicted molar refractivity (Wildman–Crippen MR) is 58.3 cm³/mol. The summed E-state index contributed by atoms with van der Waals surface area (Å²) in [5.74, 6) is 0. The molecule has 0 aliphatic carbocycles. The van der Waals surface area contributed by atoms with Crippen LogP contribution in [0.4, 0.5) is 0 Å². The highest BCUT2D eigenvalue weighted by Gasteiger charge is 1.95. The number of rotatable bonds is 7. The van der Waals surface area contributed by atoms with Crippen molar-refractivity contribution in [3.8, 4) is 0 Å². The summed E-state index contributed by atoms with van der Waals surface area (Å²) in [5.41, 5.74) is 6.78. The van der Waals surface area contributed by atoms with Gasteiger partial charge in [-0.25, -0.2) is 0 Å². The molecule has 0 saturated carbocycles. The molecule has 0 saturated heterocycles. The molecule has 0 aliphatic rings. The SMILES string of the molecule is CCCOCCn1ccc(CCN)c1. The Morgan fingerprint density at radius 2 is 2.29 bits per heavy atom. The van der Waals surface area contributed by atoms with Crippen molar-refractivity contribution in [1.82, 2.24) is 4.57 Å². The molecule has 1 aromatic heterocycles. The van der Waals surface area contributed by atoms with Crippen molar-refractivity contribution in [3.63, 3.8) is 0 Å². The van der Waals surface area contributed by atoms with Gasteiger partial charge in [-0.1, -0.05) is 6.92 Å². The van der Waals surface area contributed by atoms with Gasteiger partial charge in [-0.15, -0.1) is 0 Å². The molecule has 0 fully saturated rings. The van der Waals surface area contributed by atoms with E-state index in [1.165, 1.54) is 5.56 Å². The Labute approximate surface area is 85.9 Å². The average Bonchev–Trinajstić information content (AvgIpc) is 2.61. The van der Waals surface area contributed by atoms with Crippen LogP contribution in [0, 0.1) is 0 Å². The molecule has 3 heteroatoms. The number of aromatic nitrogens is 1. The highest BCUT2D eigenvalue weighted by Crippen LogP contribution is 2.01. The molecule has 0 amide bonds. The van der Waals surface area contributed by atoms with E-state index in [2.05, 4.69) is 30.0 Å². The van der Waals surface area contributed by atoms with Crippen molar-refractivity contribution >= 4 is 0 Å². The standard InChI is InChI=1S/C11H20N2O/c1-2-8-14-9-7-13-6-4-11(10-13)3-5-12/h4,6,10H,2-3,5,7-9,12H2,1H3. The van der Waals surface area contributed by atoms with Crippen LogP contribution in [0.3, 0.4) is 0 Å². The van der Waals surface area contributed by atoms with Crippen LogP contribution >= 0.6 is 0 Å². The molecule has 1 rings (SSSR count). The summed E-state index contributed by atoms with van der Waals surface area (Å²) in [6, 6.07) is 2.12. The second-order valence-electron chi connectivity index (χ2n) is 3.41. The minimum atomic E-state index is 0.719. The van der Waals surface area contributed by atoms with Gasteiger partial charge in [0.2, 0.25) is 0 Å². The van der Waals surface area contributed by atoms with E-state index in [9.17, 15) is 0 Å². The second kappa shape index (κ2) is 6.62. The molecule has 14 heavy (non-hydrogen) atoms. The van der Waals surface area contributed by atoms with Crippen LogP contribution in [0.25, 0.3) is 0 Å². The molecule has 0 spiro atoms. The predicted octanol–water partition coefficient (Wildman–Crippen LogP) is 1.42. The Morgan fingerprint density at radius 3 is 3.00 bits per heavy atom. The normalized spacial score (nSPS) is 10.7. The molecule has 1 heterocycles. The van der Waals surface area contributed by atoms with Crippen molar-refractivity contribution in [3.05, 3.63) is 24.0 Å². The van der Waals surface area contributed by atoms with E-state index in [4.69, 9.17) is 10.5 Å². The molecule has 0 radical (unpaired) electrons. The maximum absolute atomic E-state index is 5.48. The van der Waals surface area contributed by atoms with Crippen molar-refractivity contribution in [2.75, 3.05) is 19.8 Å². The Morgan fingerprint density at radius 1 is 1.43 bits per heavy atom. The molecule has 80 valence electrons. The fourth-order valence-corrected chi connectivity index (χ4v) is 1.36. The van der Waals surface area contributed by atoms with Crippen molar-refractivity contribution in [2.45, 2.75) is 26.3 Å². The zero-order valence-corrected chi connectivity index (χ0v) is 8.91. The van der Waals surface area contributed by atoms with Crippen LogP contribution in [0.5, 0.6) is 0 Å². The number of nitrogens with two attached hydrogens (primary N) is 1. The summed E-state index contributed by atoms with van der Waals surface area (Å²) < 4.78 is 7.56. The fraction of sp³-hybridized carbons (Fsp3) is 0.636. The minimum absolute atomic E-state index is 0.719. The minimum Gasteiger partial charge on any atom is -0.380 e. The number of hydrogen-bond donors (Lipinski definition) is 1. The molecular formula is C11H20N2O. The highest BCUT2D eigenvalue weighted by atomic mass is 16.5. The first-order valence-corrected chi connectivity index (χ1v) is 5.29. The van der Waals surface area contributed by atoms with Crippen LogP contribution in [-0.2, 0) is 17.7 Å². The molecule has 0 unspecified atom stereocenters. The first kappa shape index (κ1) is 11.3. The summed E-state index contributed by atoms with van der Waals surface area (Å²) in [6.45, 7) is 5.43. The maximum atomic E-state index is 5.48. The number of hydrogen-bond acceptors (Lipinski definition) is 2. The first-order valence-electron chi connectivity index (χ1n) is 5.29. The van der Waals surface area contributed by atoms with Crippen molar-refractivity contribution in [2.24, 2.45) is 5.73 Å². The Kier molecular flexibility index (Phi) is 5.33. The Bertz CT molecular complexity index is 245.